The Bertz CT molecular complexity index is 648. The molecule has 138 valence electrons. The van der Waals surface area contributed by atoms with Gasteiger partial charge in [-0.1, -0.05) is 13.8 Å². The van der Waals surface area contributed by atoms with E-state index in [2.05, 4.69) is 18.9 Å². The Morgan fingerprint density at radius 1 is 1.20 bits per heavy atom. The van der Waals surface area contributed by atoms with Crippen molar-refractivity contribution in [3.05, 3.63) is 11.6 Å². The van der Waals surface area contributed by atoms with Crippen LogP contribution in [0, 0.1) is 5.92 Å². The average Bonchev–Trinajstić information content (AvgIpc) is 3.31. The van der Waals surface area contributed by atoms with Gasteiger partial charge in [0.15, 0.2) is 5.82 Å². The van der Waals surface area contributed by atoms with E-state index in [0.29, 0.717) is 24.9 Å². The van der Waals surface area contributed by atoms with Crippen LogP contribution in [0.5, 0.6) is 0 Å². The normalized spacial score (nSPS) is 19.9. The van der Waals surface area contributed by atoms with Crippen molar-refractivity contribution in [2.24, 2.45) is 5.92 Å². The maximum atomic E-state index is 12.8. The second-order valence-corrected chi connectivity index (χ2v) is 7.85. The zero-order valence-electron chi connectivity index (χ0n) is 15.7. The Hall–Kier alpha value is -1.92. The molecule has 0 unspecified atom stereocenters. The minimum absolute atomic E-state index is 0.00930. The third kappa shape index (κ3) is 4.02. The Morgan fingerprint density at radius 3 is 2.52 bits per heavy atom. The third-order valence-electron chi connectivity index (χ3n) is 4.95. The van der Waals surface area contributed by atoms with Crippen LogP contribution < -0.4 is 0 Å². The Balaban J connectivity index is 1.75. The van der Waals surface area contributed by atoms with Crippen LogP contribution in [0.3, 0.4) is 0 Å². The first-order valence-corrected chi connectivity index (χ1v) is 9.31. The standard InChI is InChI=1S/C18H29N5O2/c1-12(2)11-14-18-19-17(13-5-6-13)20-23(18)10-9-22(14)16(25)8-7-15(24)21(3)4/h12-14H,5-11H2,1-4H3/t14-/m0/s1. The van der Waals surface area contributed by atoms with Crippen molar-refractivity contribution in [2.75, 3.05) is 20.6 Å². The number of carbonyl (C=O) groups excluding carboxylic acids is 2. The summed E-state index contributed by atoms with van der Waals surface area (Å²) >= 11 is 0. The second-order valence-electron chi connectivity index (χ2n) is 7.85. The van der Waals surface area contributed by atoms with E-state index in [1.165, 1.54) is 17.7 Å². The highest BCUT2D eigenvalue weighted by molar-refractivity contribution is 5.83. The van der Waals surface area contributed by atoms with Gasteiger partial charge in [-0.3, -0.25) is 9.59 Å². The van der Waals surface area contributed by atoms with Crippen molar-refractivity contribution in [1.82, 2.24) is 24.6 Å². The molecule has 0 radical (unpaired) electrons. The quantitative estimate of drug-likeness (QED) is 0.788. The highest BCUT2D eigenvalue weighted by Crippen LogP contribution is 2.40. The van der Waals surface area contributed by atoms with E-state index in [1.807, 2.05) is 9.58 Å². The maximum Gasteiger partial charge on any atom is 0.223 e. The van der Waals surface area contributed by atoms with E-state index in [0.717, 1.165) is 18.1 Å². The first-order valence-electron chi connectivity index (χ1n) is 9.31. The van der Waals surface area contributed by atoms with E-state index < -0.39 is 0 Å². The molecule has 0 aromatic carbocycles. The summed E-state index contributed by atoms with van der Waals surface area (Å²) in [6.45, 7) is 5.66. The maximum absolute atomic E-state index is 12.8. The monoisotopic (exact) mass is 347 g/mol. The molecule has 1 fully saturated rings. The zero-order valence-corrected chi connectivity index (χ0v) is 15.7. The summed E-state index contributed by atoms with van der Waals surface area (Å²) in [5.41, 5.74) is 0. The highest BCUT2D eigenvalue weighted by atomic mass is 16.2. The summed E-state index contributed by atoms with van der Waals surface area (Å²) in [5.74, 6) is 2.87. The molecule has 1 saturated carbocycles. The van der Waals surface area contributed by atoms with Crippen LogP contribution in [0.4, 0.5) is 0 Å². The van der Waals surface area contributed by atoms with E-state index >= 15 is 0 Å². The SMILES string of the molecule is CC(C)C[C@H]1c2nc(C3CC3)nn2CCN1C(=O)CCC(=O)N(C)C. The Morgan fingerprint density at radius 2 is 1.92 bits per heavy atom. The number of fused-ring (bicyclic) bond motifs is 1. The fourth-order valence-electron chi connectivity index (χ4n) is 3.35. The van der Waals surface area contributed by atoms with Gasteiger partial charge in [0.1, 0.15) is 5.82 Å². The highest BCUT2D eigenvalue weighted by Gasteiger charge is 2.36. The lowest BCUT2D eigenvalue weighted by molar-refractivity contribution is -0.138. The number of nitrogens with zero attached hydrogens (tertiary/aromatic N) is 5. The van der Waals surface area contributed by atoms with Gasteiger partial charge >= 0.3 is 0 Å². The summed E-state index contributed by atoms with van der Waals surface area (Å²) in [7, 11) is 3.44. The molecule has 25 heavy (non-hydrogen) atoms. The van der Waals surface area contributed by atoms with Crippen molar-refractivity contribution < 1.29 is 9.59 Å². The van der Waals surface area contributed by atoms with E-state index in [1.54, 1.807) is 14.1 Å². The van der Waals surface area contributed by atoms with Crippen LogP contribution in [0.25, 0.3) is 0 Å². The summed E-state index contributed by atoms with van der Waals surface area (Å²) in [5, 5.41) is 4.67. The number of hydrogen-bond donors (Lipinski definition) is 0. The molecule has 3 rings (SSSR count). The molecule has 1 aliphatic heterocycles. The molecule has 1 atom stereocenters. The number of aromatic nitrogens is 3. The molecule has 0 saturated heterocycles. The zero-order chi connectivity index (χ0) is 18.1. The fourth-order valence-corrected chi connectivity index (χ4v) is 3.35. The first-order chi connectivity index (χ1) is 11.9. The molecule has 1 aromatic heterocycles. The molecule has 7 heteroatoms. The molecule has 1 aliphatic carbocycles. The summed E-state index contributed by atoms with van der Waals surface area (Å²) in [6, 6.07) is -0.0318. The van der Waals surface area contributed by atoms with E-state index in [9.17, 15) is 9.59 Å². The van der Waals surface area contributed by atoms with Gasteiger partial charge in [-0.05, 0) is 25.2 Å². The van der Waals surface area contributed by atoms with Crippen molar-refractivity contribution in [1.29, 1.82) is 0 Å². The topological polar surface area (TPSA) is 71.3 Å². The van der Waals surface area contributed by atoms with Gasteiger partial charge in [0, 0.05) is 39.4 Å². The van der Waals surface area contributed by atoms with Crippen LogP contribution in [0.2, 0.25) is 0 Å². The molecular weight excluding hydrogens is 318 g/mol. The molecule has 2 aliphatic rings. The summed E-state index contributed by atoms with van der Waals surface area (Å²) < 4.78 is 2.00. The lowest BCUT2D eigenvalue weighted by atomic mass is 9.99. The molecule has 2 amide bonds. The van der Waals surface area contributed by atoms with Crippen molar-refractivity contribution in [2.45, 2.75) is 64.5 Å². The van der Waals surface area contributed by atoms with Crippen molar-refractivity contribution in [3.8, 4) is 0 Å². The second kappa shape index (κ2) is 7.14. The van der Waals surface area contributed by atoms with E-state index in [-0.39, 0.29) is 30.7 Å². The molecular formula is C18H29N5O2. The van der Waals surface area contributed by atoms with Gasteiger partial charge < -0.3 is 9.80 Å². The van der Waals surface area contributed by atoms with Crippen molar-refractivity contribution >= 4 is 11.8 Å². The largest absolute Gasteiger partial charge is 0.349 e. The third-order valence-corrected chi connectivity index (χ3v) is 4.95. The van der Waals surface area contributed by atoms with Crippen LogP contribution in [-0.2, 0) is 16.1 Å². The molecule has 0 bridgehead atoms. The number of carbonyl (C=O) groups is 2. The summed E-state index contributed by atoms with van der Waals surface area (Å²) in [6.07, 6.45) is 3.74. The predicted molar refractivity (Wildman–Crippen MR) is 93.8 cm³/mol. The molecule has 1 aromatic rings. The lowest BCUT2D eigenvalue weighted by Crippen LogP contribution is -2.43. The molecule has 0 spiro atoms. The lowest BCUT2D eigenvalue weighted by Gasteiger charge is -2.36. The van der Waals surface area contributed by atoms with Crippen LogP contribution in [-0.4, -0.2) is 57.0 Å². The van der Waals surface area contributed by atoms with Crippen LogP contribution in [0.15, 0.2) is 0 Å². The van der Waals surface area contributed by atoms with Gasteiger partial charge in [-0.15, -0.1) is 0 Å². The smallest absolute Gasteiger partial charge is 0.223 e. The van der Waals surface area contributed by atoms with E-state index in [4.69, 9.17) is 4.98 Å². The van der Waals surface area contributed by atoms with Gasteiger partial charge in [-0.2, -0.15) is 5.10 Å². The Labute approximate surface area is 149 Å². The average molecular weight is 347 g/mol. The van der Waals surface area contributed by atoms with Crippen LogP contribution >= 0.6 is 0 Å². The molecule has 0 N–H and O–H groups in total. The van der Waals surface area contributed by atoms with Gasteiger partial charge in [-0.25, -0.2) is 9.67 Å². The number of hydrogen-bond acceptors (Lipinski definition) is 4. The molecule has 2 heterocycles. The number of rotatable bonds is 6. The fraction of sp³-hybridized carbons (Fsp3) is 0.778. The summed E-state index contributed by atoms with van der Waals surface area (Å²) in [4.78, 5) is 32.8. The van der Waals surface area contributed by atoms with Crippen molar-refractivity contribution in [3.63, 3.8) is 0 Å². The molecule has 7 nitrogen and oxygen atoms in total. The Kier molecular flexibility index (Phi) is 5.11. The minimum atomic E-state index is -0.0318. The van der Waals surface area contributed by atoms with Gasteiger partial charge in [0.05, 0.1) is 12.6 Å². The van der Waals surface area contributed by atoms with Gasteiger partial charge in [0.25, 0.3) is 0 Å². The predicted octanol–water partition coefficient (Wildman–Crippen LogP) is 1.95. The number of amides is 2. The van der Waals surface area contributed by atoms with Crippen LogP contribution in [0.1, 0.15) is 69.6 Å². The first kappa shape index (κ1) is 17.9. The van der Waals surface area contributed by atoms with Gasteiger partial charge in [0.2, 0.25) is 11.8 Å². The minimum Gasteiger partial charge on any atom is -0.349 e.